The van der Waals surface area contributed by atoms with E-state index < -0.39 is 0 Å². The van der Waals surface area contributed by atoms with E-state index in [0.717, 1.165) is 5.56 Å². The fraction of sp³-hybridized carbons (Fsp3) is 0.0455. The highest BCUT2D eigenvalue weighted by Gasteiger charge is 2.12. The lowest BCUT2D eigenvalue weighted by atomic mass is 10.2. The van der Waals surface area contributed by atoms with Crippen molar-refractivity contribution in [2.24, 2.45) is 0 Å². The molecule has 6 nitrogen and oxygen atoms in total. The van der Waals surface area contributed by atoms with E-state index >= 15 is 0 Å². The fourth-order valence-corrected chi connectivity index (χ4v) is 2.84. The summed E-state index contributed by atoms with van der Waals surface area (Å²) in [5, 5.41) is 7.20. The number of rotatable bonds is 6. The summed E-state index contributed by atoms with van der Waals surface area (Å²) in [6.45, 7) is -0.159. The molecule has 0 spiro atoms. The van der Waals surface area contributed by atoms with Crippen molar-refractivity contribution in [1.82, 2.24) is 10.1 Å². The molecule has 0 atom stereocenters. The summed E-state index contributed by atoms with van der Waals surface area (Å²) in [7, 11) is 0. The predicted molar refractivity (Wildman–Crippen MR) is 111 cm³/mol. The predicted octanol–water partition coefficient (Wildman–Crippen LogP) is 5.07. The van der Waals surface area contributed by atoms with E-state index in [1.54, 1.807) is 42.5 Å². The topological polar surface area (TPSA) is 77.2 Å². The standard InChI is InChI=1S/C22H16ClN3O3/c23-18-11-4-5-12-19(18)24-20(27)14-28-17-10-6-9-16(13-17)22-25-21(26-29-22)15-7-2-1-3-8-15/h1-13H,14H2,(H,24,27). The molecular formula is C22H16ClN3O3. The maximum Gasteiger partial charge on any atom is 0.262 e. The van der Waals surface area contributed by atoms with Crippen molar-refractivity contribution in [1.29, 1.82) is 0 Å². The molecule has 29 heavy (non-hydrogen) atoms. The van der Waals surface area contributed by atoms with Gasteiger partial charge < -0.3 is 14.6 Å². The van der Waals surface area contributed by atoms with Gasteiger partial charge >= 0.3 is 0 Å². The highest BCUT2D eigenvalue weighted by Crippen LogP contribution is 2.25. The third-order valence-corrected chi connectivity index (χ3v) is 4.39. The first-order chi connectivity index (χ1) is 14.2. The van der Waals surface area contributed by atoms with E-state index in [-0.39, 0.29) is 12.5 Å². The first-order valence-corrected chi connectivity index (χ1v) is 9.23. The number of hydrogen-bond donors (Lipinski definition) is 1. The molecule has 144 valence electrons. The van der Waals surface area contributed by atoms with Crippen LogP contribution < -0.4 is 10.1 Å². The summed E-state index contributed by atoms with van der Waals surface area (Å²) < 4.78 is 11.0. The first-order valence-electron chi connectivity index (χ1n) is 8.86. The van der Waals surface area contributed by atoms with Crippen molar-refractivity contribution >= 4 is 23.2 Å². The summed E-state index contributed by atoms with van der Waals surface area (Å²) in [4.78, 5) is 16.5. The number of nitrogens with one attached hydrogen (secondary N) is 1. The van der Waals surface area contributed by atoms with Crippen LogP contribution in [0, 0.1) is 0 Å². The second kappa shape index (κ2) is 8.58. The third-order valence-electron chi connectivity index (χ3n) is 4.06. The van der Waals surface area contributed by atoms with Crippen LogP contribution in [0.3, 0.4) is 0 Å². The Balaban J connectivity index is 1.42. The van der Waals surface area contributed by atoms with Gasteiger partial charge in [-0.1, -0.05) is 65.3 Å². The summed E-state index contributed by atoms with van der Waals surface area (Å²) in [6.07, 6.45) is 0. The quantitative estimate of drug-likeness (QED) is 0.484. The van der Waals surface area contributed by atoms with E-state index in [1.165, 1.54) is 0 Å². The highest BCUT2D eigenvalue weighted by molar-refractivity contribution is 6.33. The molecule has 0 aliphatic rings. The molecule has 0 radical (unpaired) electrons. The maximum absolute atomic E-state index is 12.1. The molecule has 4 aromatic rings. The normalized spacial score (nSPS) is 10.5. The van der Waals surface area contributed by atoms with Crippen LogP contribution in [0.5, 0.6) is 5.75 Å². The van der Waals surface area contributed by atoms with Crippen molar-refractivity contribution in [3.63, 3.8) is 0 Å². The molecule has 1 amide bonds. The van der Waals surface area contributed by atoms with Crippen molar-refractivity contribution in [3.05, 3.63) is 83.9 Å². The van der Waals surface area contributed by atoms with Gasteiger partial charge in [0.2, 0.25) is 5.82 Å². The number of para-hydroxylation sites is 1. The van der Waals surface area contributed by atoms with Crippen molar-refractivity contribution in [2.45, 2.75) is 0 Å². The summed E-state index contributed by atoms with van der Waals surface area (Å²) >= 11 is 6.04. The lowest BCUT2D eigenvalue weighted by Gasteiger charge is -2.09. The Bertz CT molecular complexity index is 1130. The summed E-state index contributed by atoms with van der Waals surface area (Å²) in [5.41, 5.74) is 2.10. The van der Waals surface area contributed by atoms with Crippen LogP contribution >= 0.6 is 11.6 Å². The molecule has 7 heteroatoms. The summed E-state index contributed by atoms with van der Waals surface area (Å²) in [6, 6.07) is 23.7. The molecule has 1 aromatic heterocycles. The van der Waals surface area contributed by atoms with Gasteiger partial charge in [0, 0.05) is 11.1 Å². The van der Waals surface area contributed by atoms with Gasteiger partial charge in [0.05, 0.1) is 10.7 Å². The summed E-state index contributed by atoms with van der Waals surface area (Å²) in [5.74, 6) is 1.07. The van der Waals surface area contributed by atoms with Gasteiger partial charge in [-0.3, -0.25) is 4.79 Å². The Hall–Kier alpha value is -3.64. The minimum Gasteiger partial charge on any atom is -0.484 e. The van der Waals surface area contributed by atoms with Gasteiger partial charge in [0.1, 0.15) is 5.75 Å². The molecule has 4 rings (SSSR count). The number of carbonyl (C=O) groups excluding carboxylic acids is 1. The van der Waals surface area contributed by atoms with Gasteiger partial charge in [-0.25, -0.2) is 0 Å². The Morgan fingerprint density at radius 1 is 0.966 bits per heavy atom. The average molecular weight is 406 g/mol. The van der Waals surface area contributed by atoms with E-state index in [4.69, 9.17) is 20.9 Å². The van der Waals surface area contributed by atoms with Gasteiger partial charge in [0.25, 0.3) is 11.8 Å². The number of hydrogen-bond acceptors (Lipinski definition) is 5. The van der Waals surface area contributed by atoms with Crippen LogP contribution in [0.2, 0.25) is 5.02 Å². The second-order valence-electron chi connectivity index (χ2n) is 6.13. The van der Waals surface area contributed by atoms with Crippen LogP contribution in [-0.4, -0.2) is 22.7 Å². The van der Waals surface area contributed by atoms with E-state index in [0.29, 0.717) is 33.7 Å². The monoisotopic (exact) mass is 405 g/mol. The fourth-order valence-electron chi connectivity index (χ4n) is 2.66. The largest absolute Gasteiger partial charge is 0.484 e. The molecule has 0 fully saturated rings. The van der Waals surface area contributed by atoms with Crippen LogP contribution in [0.1, 0.15) is 0 Å². The molecule has 0 saturated carbocycles. The molecular weight excluding hydrogens is 390 g/mol. The SMILES string of the molecule is O=C(COc1cccc(-c2nc(-c3ccccc3)no2)c1)Nc1ccccc1Cl. The molecule has 1 N–H and O–H groups in total. The van der Waals surface area contributed by atoms with Crippen LogP contribution in [-0.2, 0) is 4.79 Å². The van der Waals surface area contributed by atoms with E-state index in [2.05, 4.69) is 15.5 Å². The van der Waals surface area contributed by atoms with Crippen LogP contribution in [0.4, 0.5) is 5.69 Å². The number of ether oxygens (including phenoxy) is 1. The molecule has 0 unspecified atom stereocenters. The van der Waals surface area contributed by atoms with Crippen LogP contribution in [0.25, 0.3) is 22.8 Å². The van der Waals surface area contributed by atoms with E-state index in [1.807, 2.05) is 36.4 Å². The number of amides is 1. The lowest BCUT2D eigenvalue weighted by molar-refractivity contribution is -0.118. The molecule has 0 aliphatic heterocycles. The molecule has 1 heterocycles. The third kappa shape index (κ3) is 4.62. The molecule has 0 aliphatic carbocycles. The Morgan fingerprint density at radius 3 is 2.55 bits per heavy atom. The van der Waals surface area contributed by atoms with Gasteiger partial charge in [0.15, 0.2) is 6.61 Å². The number of halogens is 1. The average Bonchev–Trinajstić information content (AvgIpc) is 3.25. The number of anilines is 1. The Morgan fingerprint density at radius 2 is 1.72 bits per heavy atom. The number of carbonyl (C=O) groups is 1. The Kier molecular flexibility index (Phi) is 5.54. The van der Waals surface area contributed by atoms with Crippen molar-refractivity contribution in [3.8, 4) is 28.6 Å². The minimum atomic E-state index is -0.312. The zero-order valence-corrected chi connectivity index (χ0v) is 16.0. The first kappa shape index (κ1) is 18.7. The Labute approximate surface area is 172 Å². The zero-order chi connectivity index (χ0) is 20.1. The second-order valence-corrected chi connectivity index (χ2v) is 6.54. The highest BCUT2D eigenvalue weighted by atomic mass is 35.5. The van der Waals surface area contributed by atoms with E-state index in [9.17, 15) is 4.79 Å². The maximum atomic E-state index is 12.1. The number of aromatic nitrogens is 2. The number of benzene rings is 3. The zero-order valence-electron chi connectivity index (χ0n) is 15.2. The molecule has 0 bridgehead atoms. The van der Waals surface area contributed by atoms with Crippen molar-refractivity contribution < 1.29 is 14.1 Å². The minimum absolute atomic E-state index is 0.159. The van der Waals surface area contributed by atoms with Crippen molar-refractivity contribution in [2.75, 3.05) is 11.9 Å². The van der Waals surface area contributed by atoms with Crippen LogP contribution in [0.15, 0.2) is 83.4 Å². The molecule has 0 saturated heterocycles. The smallest absolute Gasteiger partial charge is 0.262 e. The molecule has 3 aromatic carbocycles. The lowest BCUT2D eigenvalue weighted by Crippen LogP contribution is -2.20. The number of nitrogens with zero attached hydrogens (tertiary/aromatic N) is 2. The van der Waals surface area contributed by atoms with Gasteiger partial charge in [-0.05, 0) is 30.3 Å². The van der Waals surface area contributed by atoms with Gasteiger partial charge in [-0.15, -0.1) is 0 Å². The van der Waals surface area contributed by atoms with Gasteiger partial charge in [-0.2, -0.15) is 4.98 Å².